The van der Waals surface area contributed by atoms with Crippen molar-refractivity contribution < 1.29 is 13.2 Å². The van der Waals surface area contributed by atoms with Crippen LogP contribution in [0.15, 0.2) is 47.4 Å². The number of sulfonamides is 1. The Kier molecular flexibility index (Phi) is 6.77. The van der Waals surface area contributed by atoms with Gasteiger partial charge < -0.3 is 15.0 Å². The summed E-state index contributed by atoms with van der Waals surface area (Å²) in [7, 11) is -3.52. The Labute approximate surface area is 178 Å². The van der Waals surface area contributed by atoms with Crippen LogP contribution in [0, 0.1) is 13.8 Å². The van der Waals surface area contributed by atoms with Crippen molar-refractivity contribution in [2.45, 2.75) is 25.7 Å². The lowest BCUT2D eigenvalue weighted by Gasteiger charge is -2.35. The molecule has 6 nitrogen and oxygen atoms in total. The third kappa shape index (κ3) is 5.07. The van der Waals surface area contributed by atoms with Crippen molar-refractivity contribution in [2.75, 3.05) is 38.1 Å². The van der Waals surface area contributed by atoms with Crippen LogP contribution in [0.25, 0.3) is 0 Å². The molecule has 0 aromatic heterocycles. The largest absolute Gasteiger partial charge is 0.494 e. The van der Waals surface area contributed by atoms with E-state index in [9.17, 15) is 8.42 Å². The van der Waals surface area contributed by atoms with E-state index in [1.807, 2.05) is 17.9 Å². The summed E-state index contributed by atoms with van der Waals surface area (Å²) in [4.78, 5) is 2.29. The Morgan fingerprint density at radius 3 is 2.28 bits per heavy atom. The lowest BCUT2D eigenvalue weighted by atomic mass is 10.1. The Bertz CT molecular complexity index is 967. The molecule has 8 heteroatoms. The molecule has 0 radical (unpaired) electrons. The number of anilines is 1. The maximum absolute atomic E-state index is 12.9. The molecule has 1 fully saturated rings. The molecule has 1 aliphatic heterocycles. The van der Waals surface area contributed by atoms with Gasteiger partial charge in [-0.3, -0.25) is 0 Å². The first kappa shape index (κ1) is 21.5. The molecule has 2 aromatic carbocycles. The van der Waals surface area contributed by atoms with Gasteiger partial charge in [0.15, 0.2) is 5.11 Å². The molecule has 156 valence electrons. The van der Waals surface area contributed by atoms with E-state index < -0.39 is 10.0 Å². The SMILES string of the molecule is CCOc1ccc(S(=O)(=O)N2CCN(C(=S)Nc3ccc(C)c(C)c3)CC2)cc1. The molecule has 0 spiro atoms. The van der Waals surface area contributed by atoms with Crippen LogP contribution in [-0.4, -0.2) is 55.5 Å². The summed E-state index contributed by atoms with van der Waals surface area (Å²) in [6.07, 6.45) is 0. The minimum atomic E-state index is -3.52. The highest BCUT2D eigenvalue weighted by Crippen LogP contribution is 2.21. The lowest BCUT2D eigenvalue weighted by molar-refractivity contribution is 0.268. The van der Waals surface area contributed by atoms with Gasteiger partial charge in [0.05, 0.1) is 11.5 Å². The number of nitrogens with zero attached hydrogens (tertiary/aromatic N) is 2. The molecule has 1 N–H and O–H groups in total. The van der Waals surface area contributed by atoms with Crippen LogP contribution in [0.4, 0.5) is 5.69 Å². The van der Waals surface area contributed by atoms with Crippen molar-refractivity contribution in [3.05, 3.63) is 53.6 Å². The number of hydrogen-bond acceptors (Lipinski definition) is 4. The van der Waals surface area contributed by atoms with E-state index in [0.29, 0.717) is 43.6 Å². The van der Waals surface area contributed by atoms with Crippen LogP contribution in [0.2, 0.25) is 0 Å². The Morgan fingerprint density at radius 2 is 1.69 bits per heavy atom. The minimum Gasteiger partial charge on any atom is -0.494 e. The Morgan fingerprint density at radius 1 is 1.03 bits per heavy atom. The van der Waals surface area contributed by atoms with Crippen molar-refractivity contribution in [3.8, 4) is 5.75 Å². The monoisotopic (exact) mass is 433 g/mol. The number of nitrogens with one attached hydrogen (secondary N) is 1. The maximum Gasteiger partial charge on any atom is 0.243 e. The number of piperazine rings is 1. The quantitative estimate of drug-likeness (QED) is 0.730. The first-order valence-corrected chi connectivity index (χ1v) is 11.5. The summed E-state index contributed by atoms with van der Waals surface area (Å²) in [5.41, 5.74) is 3.38. The van der Waals surface area contributed by atoms with E-state index >= 15 is 0 Å². The molecule has 0 bridgehead atoms. The molecule has 0 unspecified atom stereocenters. The van der Waals surface area contributed by atoms with E-state index in [1.54, 1.807) is 24.3 Å². The van der Waals surface area contributed by atoms with Gasteiger partial charge in [-0.2, -0.15) is 4.31 Å². The van der Waals surface area contributed by atoms with Crippen LogP contribution in [-0.2, 0) is 10.0 Å². The summed E-state index contributed by atoms with van der Waals surface area (Å²) in [5, 5.41) is 3.88. The normalized spacial score (nSPS) is 15.2. The van der Waals surface area contributed by atoms with Crippen LogP contribution in [0.5, 0.6) is 5.75 Å². The van der Waals surface area contributed by atoms with Crippen LogP contribution in [0.3, 0.4) is 0 Å². The van der Waals surface area contributed by atoms with Crippen molar-refractivity contribution >= 4 is 33.0 Å². The number of aryl methyl sites for hydroxylation is 2. The van der Waals surface area contributed by atoms with Gasteiger partial charge in [0, 0.05) is 31.9 Å². The zero-order chi connectivity index (χ0) is 21.0. The zero-order valence-electron chi connectivity index (χ0n) is 17.0. The van der Waals surface area contributed by atoms with Crippen LogP contribution in [0.1, 0.15) is 18.1 Å². The number of thiocarbonyl (C=S) groups is 1. The fraction of sp³-hybridized carbons (Fsp3) is 0.381. The summed E-state index contributed by atoms with van der Waals surface area (Å²) in [6.45, 7) is 8.46. The second-order valence-electron chi connectivity index (χ2n) is 7.02. The summed E-state index contributed by atoms with van der Waals surface area (Å²) in [5.74, 6) is 0.666. The number of benzene rings is 2. The second kappa shape index (κ2) is 9.11. The summed E-state index contributed by atoms with van der Waals surface area (Å²) < 4.78 is 32.7. The van der Waals surface area contributed by atoms with Crippen molar-refractivity contribution in [1.29, 1.82) is 0 Å². The predicted molar refractivity (Wildman–Crippen MR) is 120 cm³/mol. The second-order valence-corrected chi connectivity index (χ2v) is 9.35. The van der Waals surface area contributed by atoms with E-state index in [4.69, 9.17) is 17.0 Å². The third-order valence-electron chi connectivity index (χ3n) is 5.06. The van der Waals surface area contributed by atoms with Crippen LogP contribution < -0.4 is 10.1 Å². The van der Waals surface area contributed by atoms with Gasteiger partial charge in [0.2, 0.25) is 10.0 Å². The highest BCUT2D eigenvalue weighted by molar-refractivity contribution is 7.89. The molecule has 1 saturated heterocycles. The van der Waals surface area contributed by atoms with E-state index in [-0.39, 0.29) is 4.90 Å². The van der Waals surface area contributed by atoms with Crippen molar-refractivity contribution in [2.24, 2.45) is 0 Å². The van der Waals surface area contributed by atoms with E-state index in [1.165, 1.54) is 15.4 Å². The fourth-order valence-electron chi connectivity index (χ4n) is 3.18. The number of ether oxygens (including phenoxy) is 1. The molecule has 0 amide bonds. The maximum atomic E-state index is 12.9. The van der Waals surface area contributed by atoms with Gasteiger partial charge in [0.1, 0.15) is 5.75 Å². The molecular formula is C21H27N3O3S2. The average Bonchev–Trinajstić information content (AvgIpc) is 2.71. The molecular weight excluding hydrogens is 406 g/mol. The molecule has 1 aliphatic rings. The lowest BCUT2D eigenvalue weighted by Crippen LogP contribution is -2.51. The predicted octanol–water partition coefficient (Wildman–Crippen LogP) is 3.41. The summed E-state index contributed by atoms with van der Waals surface area (Å²) in [6, 6.07) is 12.7. The molecule has 2 aromatic rings. The van der Waals surface area contributed by atoms with Gasteiger partial charge in [-0.25, -0.2) is 8.42 Å². The Balaban J connectivity index is 1.60. The van der Waals surface area contributed by atoms with Gasteiger partial charge >= 0.3 is 0 Å². The van der Waals surface area contributed by atoms with E-state index in [2.05, 4.69) is 31.3 Å². The standard InChI is InChI=1S/C21H27N3O3S2/c1-4-27-19-7-9-20(10-8-19)29(25,26)24-13-11-23(12-14-24)21(28)22-18-6-5-16(2)17(3)15-18/h5-10,15H,4,11-14H2,1-3H3,(H,22,28). The van der Waals surface area contributed by atoms with Crippen molar-refractivity contribution in [3.63, 3.8) is 0 Å². The molecule has 29 heavy (non-hydrogen) atoms. The molecule has 3 rings (SSSR count). The van der Waals surface area contributed by atoms with Gasteiger partial charge in [-0.1, -0.05) is 6.07 Å². The molecule has 0 aliphatic carbocycles. The highest BCUT2D eigenvalue weighted by atomic mass is 32.2. The molecule has 1 heterocycles. The highest BCUT2D eigenvalue weighted by Gasteiger charge is 2.29. The minimum absolute atomic E-state index is 0.283. The first-order valence-electron chi connectivity index (χ1n) is 9.67. The van der Waals surface area contributed by atoms with Gasteiger partial charge in [-0.15, -0.1) is 0 Å². The topological polar surface area (TPSA) is 61.9 Å². The van der Waals surface area contributed by atoms with Crippen LogP contribution >= 0.6 is 12.2 Å². The molecule has 0 atom stereocenters. The van der Waals surface area contributed by atoms with Gasteiger partial charge in [0.25, 0.3) is 0 Å². The fourth-order valence-corrected chi connectivity index (χ4v) is 4.90. The average molecular weight is 434 g/mol. The Hall–Kier alpha value is -2.16. The summed E-state index contributed by atoms with van der Waals surface area (Å²) >= 11 is 5.53. The number of hydrogen-bond donors (Lipinski definition) is 1. The van der Waals surface area contributed by atoms with Crippen molar-refractivity contribution in [1.82, 2.24) is 9.21 Å². The zero-order valence-corrected chi connectivity index (χ0v) is 18.6. The van der Waals surface area contributed by atoms with E-state index in [0.717, 1.165) is 5.69 Å². The molecule has 0 saturated carbocycles. The number of rotatable bonds is 5. The third-order valence-corrected chi connectivity index (χ3v) is 7.33. The van der Waals surface area contributed by atoms with Gasteiger partial charge in [-0.05, 0) is 80.5 Å². The smallest absolute Gasteiger partial charge is 0.243 e. The first-order chi connectivity index (χ1) is 13.8.